The number of amides is 1. The van der Waals surface area contributed by atoms with Crippen molar-refractivity contribution in [2.45, 2.75) is 44.3 Å². The number of nitrogens with zero attached hydrogens (tertiary/aromatic N) is 3. The van der Waals surface area contributed by atoms with Gasteiger partial charge in [0.1, 0.15) is 12.4 Å². The number of carboxylic acids is 1. The fourth-order valence-corrected chi connectivity index (χ4v) is 2.51. The number of aromatic nitrogens is 3. The van der Waals surface area contributed by atoms with Crippen LogP contribution in [-0.2, 0) is 16.1 Å². The fraction of sp³-hybridized carbons (Fsp3) is 0.692. The van der Waals surface area contributed by atoms with E-state index in [2.05, 4.69) is 15.5 Å². The summed E-state index contributed by atoms with van der Waals surface area (Å²) in [5, 5.41) is 20.3. The molecule has 21 heavy (non-hydrogen) atoms. The van der Waals surface area contributed by atoms with Crippen LogP contribution in [0.15, 0.2) is 5.16 Å². The fourth-order valence-electron chi connectivity index (χ4n) is 1.84. The topological polar surface area (TPSA) is 97.1 Å². The molecule has 0 radical (unpaired) electrons. The van der Waals surface area contributed by atoms with Crippen molar-refractivity contribution in [1.29, 1.82) is 0 Å². The minimum absolute atomic E-state index is 0.0869. The monoisotopic (exact) mass is 312 g/mol. The average molecular weight is 312 g/mol. The van der Waals surface area contributed by atoms with Gasteiger partial charge in [0.15, 0.2) is 5.16 Å². The van der Waals surface area contributed by atoms with E-state index < -0.39 is 5.97 Å². The Kier molecular flexibility index (Phi) is 5.22. The number of thioether (sulfide) groups is 1. The molecule has 0 saturated heterocycles. The van der Waals surface area contributed by atoms with E-state index in [1.807, 2.05) is 13.8 Å². The lowest BCUT2D eigenvalue weighted by atomic mass is 10.2. The number of carboxylic acid groups (broad SMARTS) is 1. The summed E-state index contributed by atoms with van der Waals surface area (Å²) in [6, 6.07) is 0. The third-order valence-electron chi connectivity index (χ3n) is 3.02. The Hall–Kier alpha value is -1.57. The summed E-state index contributed by atoms with van der Waals surface area (Å²) in [5.74, 6) is 0.446. The van der Waals surface area contributed by atoms with Crippen molar-refractivity contribution in [3.05, 3.63) is 5.82 Å². The minimum Gasteiger partial charge on any atom is -0.481 e. The predicted octanol–water partition coefficient (Wildman–Crippen LogP) is 1.10. The largest absolute Gasteiger partial charge is 0.481 e. The molecule has 116 valence electrons. The Morgan fingerprint density at radius 2 is 2.14 bits per heavy atom. The second-order valence-corrected chi connectivity index (χ2v) is 6.52. The van der Waals surface area contributed by atoms with Gasteiger partial charge in [0.25, 0.3) is 0 Å². The van der Waals surface area contributed by atoms with Crippen molar-refractivity contribution in [1.82, 2.24) is 20.1 Å². The molecule has 2 N–H and O–H groups in total. The molecule has 0 spiro atoms. The third-order valence-corrected chi connectivity index (χ3v) is 3.97. The van der Waals surface area contributed by atoms with Crippen molar-refractivity contribution >= 4 is 23.6 Å². The van der Waals surface area contributed by atoms with Crippen LogP contribution in [0.2, 0.25) is 0 Å². The van der Waals surface area contributed by atoms with E-state index in [4.69, 9.17) is 5.11 Å². The quantitative estimate of drug-likeness (QED) is 0.698. The summed E-state index contributed by atoms with van der Waals surface area (Å²) in [6.07, 6.45) is 2.10. The van der Waals surface area contributed by atoms with E-state index in [1.54, 1.807) is 4.57 Å². The van der Waals surface area contributed by atoms with E-state index >= 15 is 0 Å². The van der Waals surface area contributed by atoms with E-state index in [9.17, 15) is 9.59 Å². The van der Waals surface area contributed by atoms with Gasteiger partial charge in [-0.2, -0.15) is 0 Å². The SMILES string of the molecule is CC(C)CNC(=O)Cn1c(SCC(=O)O)nnc1C1CC1. The number of carbonyl (C=O) groups excluding carboxylic acids is 1. The van der Waals surface area contributed by atoms with Crippen molar-refractivity contribution in [3.63, 3.8) is 0 Å². The Morgan fingerprint density at radius 3 is 2.71 bits per heavy atom. The maximum Gasteiger partial charge on any atom is 0.313 e. The average Bonchev–Trinajstić information content (AvgIpc) is 3.17. The molecule has 1 aromatic heterocycles. The lowest BCUT2D eigenvalue weighted by Crippen LogP contribution is -2.31. The van der Waals surface area contributed by atoms with Gasteiger partial charge in [0, 0.05) is 12.5 Å². The molecule has 1 aromatic rings. The van der Waals surface area contributed by atoms with Crippen molar-refractivity contribution in [2.75, 3.05) is 12.3 Å². The van der Waals surface area contributed by atoms with Gasteiger partial charge in [0.2, 0.25) is 5.91 Å². The van der Waals surface area contributed by atoms with Gasteiger partial charge in [-0.05, 0) is 18.8 Å². The zero-order valence-corrected chi connectivity index (χ0v) is 13.0. The van der Waals surface area contributed by atoms with E-state index in [0.29, 0.717) is 23.5 Å². The van der Waals surface area contributed by atoms with Gasteiger partial charge in [-0.1, -0.05) is 25.6 Å². The molecule has 0 atom stereocenters. The highest BCUT2D eigenvalue weighted by Crippen LogP contribution is 2.39. The first kappa shape index (κ1) is 15.8. The van der Waals surface area contributed by atoms with Crippen LogP contribution in [0.5, 0.6) is 0 Å². The van der Waals surface area contributed by atoms with Gasteiger partial charge in [0.05, 0.1) is 5.75 Å². The third kappa shape index (κ3) is 4.73. The molecular weight excluding hydrogens is 292 g/mol. The highest BCUT2D eigenvalue weighted by atomic mass is 32.2. The molecule has 1 saturated carbocycles. The summed E-state index contributed by atoms with van der Waals surface area (Å²) >= 11 is 1.10. The van der Waals surface area contributed by atoms with E-state index in [0.717, 1.165) is 30.4 Å². The lowest BCUT2D eigenvalue weighted by Gasteiger charge is -2.11. The summed E-state index contributed by atoms with van der Waals surface area (Å²) in [5.41, 5.74) is 0. The molecule has 1 aliphatic rings. The van der Waals surface area contributed by atoms with Crippen LogP contribution in [0.25, 0.3) is 0 Å². The first-order valence-electron chi connectivity index (χ1n) is 7.01. The molecule has 1 amide bonds. The summed E-state index contributed by atoms with van der Waals surface area (Å²) in [6.45, 7) is 4.83. The summed E-state index contributed by atoms with van der Waals surface area (Å²) < 4.78 is 1.75. The number of rotatable bonds is 8. The Labute approximate surface area is 127 Å². The molecule has 2 rings (SSSR count). The number of nitrogens with one attached hydrogen (secondary N) is 1. The second-order valence-electron chi connectivity index (χ2n) is 5.58. The first-order valence-corrected chi connectivity index (χ1v) is 8.00. The van der Waals surface area contributed by atoms with Crippen LogP contribution in [-0.4, -0.2) is 44.0 Å². The minimum atomic E-state index is -0.910. The number of carbonyl (C=O) groups is 2. The Balaban J connectivity index is 2.05. The zero-order valence-electron chi connectivity index (χ0n) is 12.2. The standard InChI is InChI=1S/C13H20N4O3S/c1-8(2)5-14-10(18)6-17-12(9-3-4-9)15-16-13(17)21-7-11(19)20/h8-9H,3-7H2,1-2H3,(H,14,18)(H,19,20). The van der Waals surface area contributed by atoms with Gasteiger partial charge in [-0.3, -0.25) is 14.2 Å². The number of hydrogen-bond acceptors (Lipinski definition) is 5. The van der Waals surface area contributed by atoms with Crippen molar-refractivity contribution in [3.8, 4) is 0 Å². The molecule has 0 bridgehead atoms. The molecule has 1 heterocycles. The second kappa shape index (κ2) is 6.93. The lowest BCUT2D eigenvalue weighted by molar-refractivity contribution is -0.133. The normalized spacial score (nSPS) is 14.4. The molecule has 1 aliphatic carbocycles. The van der Waals surface area contributed by atoms with Gasteiger partial charge in [-0.15, -0.1) is 10.2 Å². The van der Waals surface area contributed by atoms with Crippen LogP contribution in [0, 0.1) is 5.92 Å². The molecule has 0 aromatic carbocycles. The van der Waals surface area contributed by atoms with Crippen LogP contribution in [0.3, 0.4) is 0 Å². The molecular formula is C13H20N4O3S. The van der Waals surface area contributed by atoms with Crippen LogP contribution in [0.4, 0.5) is 0 Å². The van der Waals surface area contributed by atoms with Crippen LogP contribution < -0.4 is 5.32 Å². The number of aliphatic carboxylic acids is 1. The Morgan fingerprint density at radius 1 is 1.43 bits per heavy atom. The molecule has 7 nitrogen and oxygen atoms in total. The zero-order chi connectivity index (χ0) is 15.4. The van der Waals surface area contributed by atoms with E-state index in [1.165, 1.54) is 0 Å². The highest BCUT2D eigenvalue weighted by Gasteiger charge is 2.31. The number of hydrogen-bond donors (Lipinski definition) is 2. The van der Waals surface area contributed by atoms with Crippen LogP contribution in [0.1, 0.15) is 38.4 Å². The van der Waals surface area contributed by atoms with Crippen molar-refractivity contribution < 1.29 is 14.7 Å². The summed E-state index contributed by atoms with van der Waals surface area (Å²) in [7, 11) is 0. The van der Waals surface area contributed by atoms with E-state index in [-0.39, 0.29) is 18.2 Å². The maximum atomic E-state index is 12.0. The first-order chi connectivity index (χ1) is 9.97. The molecule has 8 heteroatoms. The summed E-state index contributed by atoms with van der Waals surface area (Å²) in [4.78, 5) is 22.7. The van der Waals surface area contributed by atoms with Crippen molar-refractivity contribution in [2.24, 2.45) is 5.92 Å². The molecule has 1 fully saturated rings. The van der Waals surface area contributed by atoms with Gasteiger partial charge >= 0.3 is 5.97 Å². The van der Waals surface area contributed by atoms with Gasteiger partial charge < -0.3 is 10.4 Å². The smallest absolute Gasteiger partial charge is 0.313 e. The molecule has 0 unspecified atom stereocenters. The predicted molar refractivity (Wildman–Crippen MR) is 78.2 cm³/mol. The van der Waals surface area contributed by atoms with Gasteiger partial charge in [-0.25, -0.2) is 0 Å². The van der Waals surface area contributed by atoms with Crippen LogP contribution >= 0.6 is 11.8 Å². The molecule has 0 aliphatic heterocycles. The maximum absolute atomic E-state index is 12.0. The Bertz CT molecular complexity index is 525. The highest BCUT2D eigenvalue weighted by molar-refractivity contribution is 7.99.